The molecule has 0 radical (unpaired) electrons. The van der Waals surface area contributed by atoms with E-state index in [0.717, 1.165) is 36.5 Å². The Morgan fingerprint density at radius 1 is 1.00 bits per heavy atom. The first-order valence-corrected chi connectivity index (χ1v) is 10.8. The minimum Gasteiger partial charge on any atom is -0.352 e. The van der Waals surface area contributed by atoms with Crippen molar-refractivity contribution >= 4 is 26.7 Å². The summed E-state index contributed by atoms with van der Waals surface area (Å²) < 4.78 is 27.8. The first-order valence-electron chi connectivity index (χ1n) is 9.27. The lowest BCUT2D eigenvalue weighted by molar-refractivity contribution is -0.123. The van der Waals surface area contributed by atoms with Gasteiger partial charge in [-0.15, -0.1) is 0 Å². The molecule has 2 aromatic rings. The number of sulfonamides is 1. The summed E-state index contributed by atoms with van der Waals surface area (Å²) in [7, 11) is -3.75. The minimum absolute atomic E-state index is 0.151. The third-order valence-electron chi connectivity index (χ3n) is 4.96. The fourth-order valence-corrected chi connectivity index (χ4v) is 4.68. The molecule has 0 aromatic heterocycles. The lowest BCUT2D eigenvalue weighted by Gasteiger charge is -2.20. The van der Waals surface area contributed by atoms with Crippen molar-refractivity contribution in [2.75, 3.05) is 0 Å². The molecule has 1 aliphatic rings. The molecule has 0 heterocycles. The van der Waals surface area contributed by atoms with Crippen LogP contribution in [0.3, 0.4) is 0 Å². The molecule has 1 saturated carbocycles. The Morgan fingerprint density at radius 3 is 2.35 bits per heavy atom. The number of carbonyl (C=O) groups is 1. The number of hydrogen-bond donors (Lipinski definition) is 2. The highest BCUT2D eigenvalue weighted by molar-refractivity contribution is 7.89. The van der Waals surface area contributed by atoms with Crippen LogP contribution >= 0.6 is 0 Å². The van der Waals surface area contributed by atoms with Crippen LogP contribution in [0.5, 0.6) is 0 Å². The molecular weight excluding hydrogens is 348 g/mol. The Labute approximate surface area is 155 Å². The predicted octanol–water partition coefficient (Wildman–Crippen LogP) is 3.35. The van der Waals surface area contributed by atoms with Crippen LogP contribution in [0.4, 0.5) is 0 Å². The van der Waals surface area contributed by atoms with E-state index in [4.69, 9.17) is 0 Å². The van der Waals surface area contributed by atoms with E-state index in [1.807, 2.05) is 24.3 Å². The molecule has 6 heteroatoms. The van der Waals surface area contributed by atoms with Gasteiger partial charge in [-0.3, -0.25) is 4.79 Å². The van der Waals surface area contributed by atoms with Crippen LogP contribution in [0, 0.1) is 0 Å². The van der Waals surface area contributed by atoms with Crippen LogP contribution in [0.2, 0.25) is 0 Å². The van der Waals surface area contributed by atoms with Gasteiger partial charge in [-0.1, -0.05) is 56.0 Å². The van der Waals surface area contributed by atoms with Crippen molar-refractivity contribution in [3.8, 4) is 0 Å². The molecule has 1 aliphatic carbocycles. The summed E-state index contributed by atoms with van der Waals surface area (Å²) in [6, 6.07) is 11.9. The standard InChI is InChI=1S/C20H26N2O3S/c1-15(20(23)21-18-10-4-2-3-5-11-18)22-26(24,25)19-13-12-16-8-6-7-9-17(16)14-19/h6-9,12-15,18,22H,2-5,10-11H2,1H3,(H,21,23)/t15-/m0/s1. The van der Waals surface area contributed by atoms with Crippen LogP contribution in [0.25, 0.3) is 10.8 Å². The molecule has 2 N–H and O–H groups in total. The second kappa shape index (κ2) is 8.18. The molecule has 0 unspecified atom stereocenters. The zero-order valence-corrected chi connectivity index (χ0v) is 15.9. The number of carbonyl (C=O) groups excluding carboxylic acids is 1. The number of benzene rings is 2. The Bertz CT molecular complexity index is 872. The predicted molar refractivity (Wildman–Crippen MR) is 103 cm³/mol. The van der Waals surface area contributed by atoms with Crippen LogP contribution in [0.15, 0.2) is 47.4 Å². The highest BCUT2D eigenvalue weighted by atomic mass is 32.2. The van der Waals surface area contributed by atoms with Crippen molar-refractivity contribution in [1.29, 1.82) is 0 Å². The van der Waals surface area contributed by atoms with Gasteiger partial charge in [0.2, 0.25) is 15.9 Å². The van der Waals surface area contributed by atoms with Crippen molar-refractivity contribution in [3.05, 3.63) is 42.5 Å². The van der Waals surface area contributed by atoms with Crippen LogP contribution < -0.4 is 10.0 Å². The lowest BCUT2D eigenvalue weighted by Crippen LogP contribution is -2.47. The first kappa shape index (κ1) is 18.9. The monoisotopic (exact) mass is 374 g/mol. The topological polar surface area (TPSA) is 75.3 Å². The normalized spacial score (nSPS) is 17.6. The lowest BCUT2D eigenvalue weighted by atomic mass is 10.1. The average Bonchev–Trinajstić information content (AvgIpc) is 2.89. The fraction of sp³-hybridized carbons (Fsp3) is 0.450. The molecule has 0 bridgehead atoms. The molecule has 140 valence electrons. The van der Waals surface area contributed by atoms with E-state index in [0.29, 0.717) is 0 Å². The summed E-state index contributed by atoms with van der Waals surface area (Å²) in [5.41, 5.74) is 0. The Balaban J connectivity index is 1.67. The summed E-state index contributed by atoms with van der Waals surface area (Å²) in [5, 5.41) is 4.83. The summed E-state index contributed by atoms with van der Waals surface area (Å²) in [6.07, 6.45) is 6.57. The Kier molecular flexibility index (Phi) is 5.94. The van der Waals surface area contributed by atoms with Crippen LogP contribution in [0.1, 0.15) is 45.4 Å². The molecule has 26 heavy (non-hydrogen) atoms. The number of nitrogens with one attached hydrogen (secondary N) is 2. The summed E-state index contributed by atoms with van der Waals surface area (Å²) in [6.45, 7) is 1.59. The largest absolute Gasteiger partial charge is 0.352 e. The van der Waals surface area contributed by atoms with Crippen molar-refractivity contribution in [3.63, 3.8) is 0 Å². The Morgan fingerprint density at radius 2 is 1.65 bits per heavy atom. The molecule has 0 aliphatic heterocycles. The summed E-state index contributed by atoms with van der Waals surface area (Å²) >= 11 is 0. The maximum atomic E-state index is 12.6. The van der Waals surface area contributed by atoms with E-state index < -0.39 is 16.1 Å². The fourth-order valence-electron chi connectivity index (χ4n) is 3.44. The van der Waals surface area contributed by atoms with E-state index in [1.54, 1.807) is 25.1 Å². The van der Waals surface area contributed by atoms with Gasteiger partial charge in [0, 0.05) is 6.04 Å². The molecule has 5 nitrogen and oxygen atoms in total. The minimum atomic E-state index is -3.75. The van der Waals surface area contributed by atoms with E-state index in [9.17, 15) is 13.2 Å². The zero-order valence-electron chi connectivity index (χ0n) is 15.1. The maximum absolute atomic E-state index is 12.6. The van der Waals surface area contributed by atoms with Gasteiger partial charge in [0.15, 0.2) is 0 Å². The van der Waals surface area contributed by atoms with Crippen molar-refractivity contribution in [2.45, 2.75) is 62.4 Å². The molecule has 0 saturated heterocycles. The third kappa shape index (κ3) is 4.62. The second-order valence-corrected chi connectivity index (χ2v) is 8.76. The molecule has 3 rings (SSSR count). The van der Waals surface area contributed by atoms with Gasteiger partial charge in [-0.05, 0) is 42.7 Å². The average molecular weight is 375 g/mol. The Hall–Kier alpha value is -1.92. The van der Waals surface area contributed by atoms with Crippen molar-refractivity contribution < 1.29 is 13.2 Å². The number of fused-ring (bicyclic) bond motifs is 1. The van der Waals surface area contributed by atoms with E-state index in [1.165, 1.54) is 12.8 Å². The van der Waals surface area contributed by atoms with Gasteiger partial charge in [0.25, 0.3) is 0 Å². The van der Waals surface area contributed by atoms with Crippen molar-refractivity contribution in [1.82, 2.24) is 10.0 Å². The van der Waals surface area contributed by atoms with E-state index in [-0.39, 0.29) is 16.8 Å². The quantitative estimate of drug-likeness (QED) is 0.788. The van der Waals surface area contributed by atoms with Gasteiger partial charge in [0.05, 0.1) is 10.9 Å². The highest BCUT2D eigenvalue weighted by Gasteiger charge is 2.24. The molecule has 0 spiro atoms. The molecular formula is C20H26N2O3S. The number of amides is 1. The summed E-state index contributed by atoms with van der Waals surface area (Å²) in [5.74, 6) is -0.263. The number of rotatable bonds is 5. The van der Waals surface area contributed by atoms with Gasteiger partial charge < -0.3 is 5.32 Å². The third-order valence-corrected chi connectivity index (χ3v) is 6.50. The first-order chi connectivity index (χ1) is 12.5. The van der Waals surface area contributed by atoms with Crippen LogP contribution in [-0.2, 0) is 14.8 Å². The van der Waals surface area contributed by atoms with Gasteiger partial charge >= 0.3 is 0 Å². The molecule has 1 fully saturated rings. The maximum Gasteiger partial charge on any atom is 0.241 e. The highest BCUT2D eigenvalue weighted by Crippen LogP contribution is 2.20. The van der Waals surface area contributed by atoms with E-state index >= 15 is 0 Å². The SMILES string of the molecule is C[C@H](NS(=O)(=O)c1ccc2ccccc2c1)C(=O)NC1CCCCCC1. The zero-order chi connectivity index (χ0) is 18.6. The van der Waals surface area contributed by atoms with Gasteiger partial charge in [-0.25, -0.2) is 8.42 Å². The van der Waals surface area contributed by atoms with Gasteiger partial charge in [-0.2, -0.15) is 4.72 Å². The molecule has 1 amide bonds. The smallest absolute Gasteiger partial charge is 0.241 e. The van der Waals surface area contributed by atoms with Crippen molar-refractivity contribution in [2.24, 2.45) is 0 Å². The van der Waals surface area contributed by atoms with Crippen LogP contribution in [-0.4, -0.2) is 26.4 Å². The molecule has 2 aromatic carbocycles. The number of hydrogen-bond acceptors (Lipinski definition) is 3. The summed E-state index contributed by atoms with van der Waals surface area (Å²) in [4.78, 5) is 12.6. The molecule has 1 atom stereocenters. The van der Waals surface area contributed by atoms with Gasteiger partial charge in [0.1, 0.15) is 0 Å². The second-order valence-electron chi connectivity index (χ2n) is 7.05. The van der Waals surface area contributed by atoms with E-state index in [2.05, 4.69) is 10.0 Å².